The SMILES string of the molecule is Cc1c(O)cc(Cl)c(Cl)c1C. The summed E-state index contributed by atoms with van der Waals surface area (Å²) in [5, 5.41) is 10.2. The van der Waals surface area contributed by atoms with E-state index >= 15 is 0 Å². The molecule has 0 aromatic heterocycles. The average molecular weight is 191 g/mol. The minimum atomic E-state index is 0.192. The van der Waals surface area contributed by atoms with Crippen molar-refractivity contribution in [1.82, 2.24) is 0 Å². The van der Waals surface area contributed by atoms with Crippen molar-refractivity contribution in [3.05, 3.63) is 27.2 Å². The van der Waals surface area contributed by atoms with Crippen LogP contribution in [0.2, 0.25) is 10.0 Å². The summed E-state index contributed by atoms with van der Waals surface area (Å²) in [6, 6.07) is 1.45. The predicted molar refractivity (Wildman–Crippen MR) is 47.6 cm³/mol. The normalized spacial score (nSPS) is 10.2. The van der Waals surface area contributed by atoms with Crippen molar-refractivity contribution < 1.29 is 5.11 Å². The van der Waals surface area contributed by atoms with Crippen molar-refractivity contribution in [2.75, 3.05) is 0 Å². The Bertz CT molecular complexity index is 268. The molecule has 0 aliphatic heterocycles. The molecule has 0 aliphatic carbocycles. The Morgan fingerprint density at radius 2 is 1.73 bits per heavy atom. The minimum absolute atomic E-state index is 0.192. The molecule has 11 heavy (non-hydrogen) atoms. The fraction of sp³-hybridized carbons (Fsp3) is 0.250. The summed E-state index contributed by atoms with van der Waals surface area (Å²) in [6.07, 6.45) is 0. The number of phenols is 1. The highest BCUT2D eigenvalue weighted by molar-refractivity contribution is 6.42. The fourth-order valence-electron chi connectivity index (χ4n) is 0.827. The molecule has 0 radical (unpaired) electrons. The number of hydrogen-bond donors (Lipinski definition) is 1. The third kappa shape index (κ3) is 1.44. The maximum Gasteiger partial charge on any atom is 0.120 e. The highest BCUT2D eigenvalue weighted by Crippen LogP contribution is 2.33. The zero-order chi connectivity index (χ0) is 8.59. The molecule has 1 N–H and O–H groups in total. The summed E-state index contributed by atoms with van der Waals surface area (Å²) < 4.78 is 0. The van der Waals surface area contributed by atoms with Gasteiger partial charge in [0.25, 0.3) is 0 Å². The van der Waals surface area contributed by atoms with E-state index in [1.54, 1.807) is 6.92 Å². The monoisotopic (exact) mass is 190 g/mol. The number of aromatic hydroxyl groups is 1. The Morgan fingerprint density at radius 3 is 2.27 bits per heavy atom. The molecule has 0 spiro atoms. The van der Waals surface area contributed by atoms with Crippen molar-refractivity contribution >= 4 is 23.2 Å². The molecule has 1 nitrogen and oxygen atoms in total. The van der Waals surface area contributed by atoms with Gasteiger partial charge in [-0.25, -0.2) is 0 Å². The smallest absolute Gasteiger partial charge is 0.120 e. The molecule has 0 bridgehead atoms. The predicted octanol–water partition coefficient (Wildman–Crippen LogP) is 3.32. The van der Waals surface area contributed by atoms with Gasteiger partial charge in [-0.15, -0.1) is 0 Å². The van der Waals surface area contributed by atoms with Crippen molar-refractivity contribution in [3.63, 3.8) is 0 Å². The number of rotatable bonds is 0. The van der Waals surface area contributed by atoms with E-state index in [2.05, 4.69) is 0 Å². The summed E-state index contributed by atoms with van der Waals surface area (Å²) in [7, 11) is 0. The summed E-state index contributed by atoms with van der Waals surface area (Å²) >= 11 is 11.5. The standard InChI is InChI=1S/C8H8Cl2O/c1-4-5(2)8(10)6(9)3-7(4)11/h3,11H,1-2H3. The van der Waals surface area contributed by atoms with Crippen LogP contribution in [-0.4, -0.2) is 5.11 Å². The van der Waals surface area contributed by atoms with E-state index in [1.807, 2.05) is 6.92 Å². The summed E-state index contributed by atoms with van der Waals surface area (Å²) in [5.41, 5.74) is 1.61. The Morgan fingerprint density at radius 1 is 1.18 bits per heavy atom. The van der Waals surface area contributed by atoms with Gasteiger partial charge in [0.05, 0.1) is 10.0 Å². The first-order valence-corrected chi connectivity index (χ1v) is 3.93. The van der Waals surface area contributed by atoms with E-state index in [0.29, 0.717) is 10.0 Å². The van der Waals surface area contributed by atoms with Gasteiger partial charge in [-0.1, -0.05) is 23.2 Å². The van der Waals surface area contributed by atoms with Crippen LogP contribution in [0.3, 0.4) is 0 Å². The molecule has 0 saturated carbocycles. The first-order valence-electron chi connectivity index (χ1n) is 3.18. The van der Waals surface area contributed by atoms with Gasteiger partial charge in [0.1, 0.15) is 5.75 Å². The molecular weight excluding hydrogens is 183 g/mol. The fourth-order valence-corrected chi connectivity index (χ4v) is 1.27. The molecule has 0 saturated heterocycles. The number of hydrogen-bond acceptors (Lipinski definition) is 1. The Hall–Kier alpha value is -0.400. The molecule has 60 valence electrons. The molecular formula is C8H8Cl2O. The van der Waals surface area contributed by atoms with E-state index in [9.17, 15) is 5.11 Å². The van der Waals surface area contributed by atoms with E-state index in [1.165, 1.54) is 6.07 Å². The summed E-state index contributed by atoms with van der Waals surface area (Å²) in [5.74, 6) is 0.192. The molecule has 3 heteroatoms. The second kappa shape index (κ2) is 2.92. The molecule has 1 aromatic carbocycles. The van der Waals surface area contributed by atoms with Gasteiger partial charge < -0.3 is 5.11 Å². The molecule has 1 rings (SSSR count). The lowest BCUT2D eigenvalue weighted by Crippen LogP contribution is -1.84. The minimum Gasteiger partial charge on any atom is -0.508 e. The molecule has 1 aromatic rings. The van der Waals surface area contributed by atoms with Crippen molar-refractivity contribution in [2.24, 2.45) is 0 Å². The molecule has 0 unspecified atom stereocenters. The van der Waals surface area contributed by atoms with Crippen molar-refractivity contribution in [3.8, 4) is 5.75 Å². The van der Waals surface area contributed by atoms with Crippen LogP contribution in [-0.2, 0) is 0 Å². The lowest BCUT2D eigenvalue weighted by atomic mass is 10.1. The highest BCUT2D eigenvalue weighted by Gasteiger charge is 2.07. The van der Waals surface area contributed by atoms with Crippen LogP contribution in [0.15, 0.2) is 6.07 Å². The Labute approximate surface area is 75.6 Å². The molecule has 0 amide bonds. The first kappa shape index (κ1) is 8.69. The number of halogens is 2. The van der Waals surface area contributed by atoms with Crippen molar-refractivity contribution in [2.45, 2.75) is 13.8 Å². The maximum absolute atomic E-state index is 9.26. The first-order chi connectivity index (χ1) is 5.04. The van der Waals surface area contributed by atoms with Gasteiger partial charge >= 0.3 is 0 Å². The molecule has 0 atom stereocenters. The van der Waals surface area contributed by atoms with Crippen LogP contribution in [0.5, 0.6) is 5.75 Å². The number of benzene rings is 1. The largest absolute Gasteiger partial charge is 0.508 e. The van der Waals surface area contributed by atoms with Gasteiger partial charge in [-0.2, -0.15) is 0 Å². The van der Waals surface area contributed by atoms with Crippen LogP contribution in [0.4, 0.5) is 0 Å². The van der Waals surface area contributed by atoms with Crippen LogP contribution in [0.25, 0.3) is 0 Å². The van der Waals surface area contributed by atoms with Gasteiger partial charge in [0.15, 0.2) is 0 Å². The quantitative estimate of drug-likeness (QED) is 0.666. The summed E-state index contributed by atoms with van der Waals surface area (Å²) in [4.78, 5) is 0. The van der Waals surface area contributed by atoms with Gasteiger partial charge in [0.2, 0.25) is 0 Å². The zero-order valence-corrected chi connectivity index (χ0v) is 7.79. The lowest BCUT2D eigenvalue weighted by molar-refractivity contribution is 0.470. The Kier molecular flexibility index (Phi) is 2.31. The van der Waals surface area contributed by atoms with Crippen LogP contribution in [0.1, 0.15) is 11.1 Å². The van der Waals surface area contributed by atoms with Gasteiger partial charge in [0, 0.05) is 6.07 Å². The van der Waals surface area contributed by atoms with E-state index in [-0.39, 0.29) is 5.75 Å². The van der Waals surface area contributed by atoms with Crippen LogP contribution >= 0.6 is 23.2 Å². The van der Waals surface area contributed by atoms with E-state index in [4.69, 9.17) is 23.2 Å². The highest BCUT2D eigenvalue weighted by atomic mass is 35.5. The van der Waals surface area contributed by atoms with Crippen LogP contribution in [0, 0.1) is 13.8 Å². The third-order valence-electron chi connectivity index (χ3n) is 1.75. The Balaban J connectivity index is 3.46. The van der Waals surface area contributed by atoms with E-state index < -0.39 is 0 Å². The second-order valence-corrected chi connectivity index (χ2v) is 3.23. The zero-order valence-electron chi connectivity index (χ0n) is 6.28. The maximum atomic E-state index is 9.26. The molecule has 0 aliphatic rings. The van der Waals surface area contributed by atoms with Gasteiger partial charge in [-0.3, -0.25) is 0 Å². The van der Waals surface area contributed by atoms with Crippen LogP contribution < -0.4 is 0 Å². The van der Waals surface area contributed by atoms with E-state index in [0.717, 1.165) is 11.1 Å². The molecule has 0 fully saturated rings. The second-order valence-electron chi connectivity index (χ2n) is 2.44. The third-order valence-corrected chi connectivity index (χ3v) is 2.63. The lowest BCUT2D eigenvalue weighted by Gasteiger charge is -2.06. The van der Waals surface area contributed by atoms with Crippen molar-refractivity contribution in [1.29, 1.82) is 0 Å². The molecule has 0 heterocycles. The summed E-state index contributed by atoms with van der Waals surface area (Å²) in [6.45, 7) is 3.62. The topological polar surface area (TPSA) is 20.2 Å². The average Bonchev–Trinajstić information content (AvgIpc) is 1.97. The number of phenolic OH excluding ortho intramolecular Hbond substituents is 1. The van der Waals surface area contributed by atoms with Gasteiger partial charge in [-0.05, 0) is 25.0 Å².